The van der Waals surface area contributed by atoms with E-state index in [0.717, 1.165) is 0 Å². The number of rotatable bonds is 3. The van der Waals surface area contributed by atoms with E-state index in [-0.39, 0.29) is 24.8 Å². The fourth-order valence-corrected chi connectivity index (χ4v) is 2.89. The molecular formula is C17H13Cl2FN2O2. The molecule has 1 N–H and O–H groups in total. The predicted octanol–water partition coefficient (Wildman–Crippen LogP) is 4.12. The molecule has 0 spiro atoms. The number of benzene rings is 2. The minimum atomic E-state index is -0.518. The van der Waals surface area contributed by atoms with Gasteiger partial charge in [-0.15, -0.1) is 0 Å². The Morgan fingerprint density at radius 3 is 2.67 bits per heavy atom. The Morgan fingerprint density at radius 2 is 1.96 bits per heavy atom. The van der Waals surface area contributed by atoms with Gasteiger partial charge in [0.15, 0.2) is 0 Å². The van der Waals surface area contributed by atoms with Crippen molar-refractivity contribution >= 4 is 46.4 Å². The van der Waals surface area contributed by atoms with Gasteiger partial charge in [-0.25, -0.2) is 4.39 Å². The van der Waals surface area contributed by atoms with Crippen molar-refractivity contribution < 1.29 is 14.0 Å². The molecule has 2 aromatic carbocycles. The SMILES string of the molecule is O=C(Nc1ccc(Cl)c(Cl)c1)C1CC(=O)N(c2cccc(F)c2)C1. The lowest BCUT2D eigenvalue weighted by Gasteiger charge is -2.16. The summed E-state index contributed by atoms with van der Waals surface area (Å²) in [6, 6.07) is 10.5. The number of nitrogens with one attached hydrogen (secondary N) is 1. The van der Waals surface area contributed by atoms with Gasteiger partial charge in [0.05, 0.1) is 16.0 Å². The van der Waals surface area contributed by atoms with Crippen LogP contribution in [-0.4, -0.2) is 18.4 Å². The first-order valence-electron chi connectivity index (χ1n) is 7.26. The van der Waals surface area contributed by atoms with E-state index < -0.39 is 11.7 Å². The summed E-state index contributed by atoms with van der Waals surface area (Å²) < 4.78 is 13.3. The fourth-order valence-electron chi connectivity index (χ4n) is 2.59. The maximum absolute atomic E-state index is 13.3. The largest absolute Gasteiger partial charge is 0.326 e. The van der Waals surface area contributed by atoms with Crippen LogP contribution in [0.1, 0.15) is 6.42 Å². The summed E-state index contributed by atoms with van der Waals surface area (Å²) >= 11 is 11.8. The zero-order valence-corrected chi connectivity index (χ0v) is 13.9. The van der Waals surface area contributed by atoms with Crippen molar-refractivity contribution in [2.24, 2.45) is 5.92 Å². The summed E-state index contributed by atoms with van der Waals surface area (Å²) in [6.07, 6.45) is 0.0731. The lowest BCUT2D eigenvalue weighted by Crippen LogP contribution is -2.28. The Bertz CT molecular complexity index is 813. The first-order valence-corrected chi connectivity index (χ1v) is 8.01. The van der Waals surface area contributed by atoms with Crippen molar-refractivity contribution in [3.63, 3.8) is 0 Å². The second kappa shape index (κ2) is 6.79. The van der Waals surface area contributed by atoms with Crippen molar-refractivity contribution in [2.45, 2.75) is 6.42 Å². The summed E-state index contributed by atoms with van der Waals surface area (Å²) in [5.41, 5.74) is 0.955. The van der Waals surface area contributed by atoms with Gasteiger partial charge in [-0.05, 0) is 36.4 Å². The molecule has 1 unspecified atom stereocenters. The molecule has 2 aromatic rings. The Morgan fingerprint density at radius 1 is 1.17 bits per heavy atom. The first-order chi connectivity index (χ1) is 11.4. The van der Waals surface area contributed by atoms with Gasteiger partial charge in [-0.3, -0.25) is 9.59 Å². The lowest BCUT2D eigenvalue weighted by molar-refractivity contribution is -0.122. The Hall–Kier alpha value is -2.11. The molecule has 1 aliphatic rings. The minimum absolute atomic E-state index is 0.0731. The molecule has 1 fully saturated rings. The topological polar surface area (TPSA) is 49.4 Å². The van der Waals surface area contributed by atoms with Gasteiger partial charge in [-0.1, -0.05) is 29.3 Å². The fraction of sp³-hybridized carbons (Fsp3) is 0.176. The van der Waals surface area contributed by atoms with E-state index in [1.165, 1.54) is 23.1 Å². The zero-order chi connectivity index (χ0) is 17.3. The van der Waals surface area contributed by atoms with E-state index in [9.17, 15) is 14.0 Å². The average molecular weight is 367 g/mol. The molecule has 124 valence electrons. The van der Waals surface area contributed by atoms with Gasteiger partial charge in [0.2, 0.25) is 11.8 Å². The van der Waals surface area contributed by atoms with Gasteiger partial charge in [0, 0.05) is 24.3 Å². The molecular weight excluding hydrogens is 354 g/mol. The summed E-state index contributed by atoms with van der Waals surface area (Å²) in [6.45, 7) is 0.204. The number of anilines is 2. The summed E-state index contributed by atoms with van der Waals surface area (Å²) in [7, 11) is 0. The Balaban J connectivity index is 1.70. The number of halogens is 3. The van der Waals surface area contributed by atoms with E-state index in [1.54, 1.807) is 24.3 Å². The lowest BCUT2D eigenvalue weighted by atomic mass is 10.1. The quantitative estimate of drug-likeness (QED) is 0.887. The highest BCUT2D eigenvalue weighted by Crippen LogP contribution is 2.28. The van der Waals surface area contributed by atoms with Crippen molar-refractivity contribution in [1.29, 1.82) is 0 Å². The van der Waals surface area contributed by atoms with Gasteiger partial charge >= 0.3 is 0 Å². The van der Waals surface area contributed by atoms with E-state index in [0.29, 0.717) is 21.4 Å². The van der Waals surface area contributed by atoms with Crippen LogP contribution in [0, 0.1) is 11.7 Å². The summed E-state index contributed by atoms with van der Waals surface area (Å²) in [5, 5.41) is 3.44. The average Bonchev–Trinajstić information content (AvgIpc) is 2.93. The molecule has 2 amide bonds. The molecule has 4 nitrogen and oxygen atoms in total. The van der Waals surface area contributed by atoms with Gasteiger partial charge in [0.1, 0.15) is 5.82 Å². The first kappa shape index (κ1) is 16.7. The molecule has 1 atom stereocenters. The van der Waals surface area contributed by atoms with Crippen LogP contribution < -0.4 is 10.2 Å². The maximum atomic E-state index is 13.3. The number of hydrogen-bond acceptors (Lipinski definition) is 2. The van der Waals surface area contributed by atoms with Gasteiger partial charge in [0.25, 0.3) is 0 Å². The molecule has 1 saturated heterocycles. The molecule has 24 heavy (non-hydrogen) atoms. The van der Waals surface area contributed by atoms with Crippen molar-refractivity contribution in [2.75, 3.05) is 16.8 Å². The van der Waals surface area contributed by atoms with Crippen molar-refractivity contribution in [1.82, 2.24) is 0 Å². The number of carbonyl (C=O) groups is 2. The minimum Gasteiger partial charge on any atom is -0.326 e. The van der Waals surface area contributed by atoms with E-state index in [1.807, 2.05) is 0 Å². The van der Waals surface area contributed by atoms with E-state index in [4.69, 9.17) is 23.2 Å². The van der Waals surface area contributed by atoms with Crippen LogP contribution in [0.2, 0.25) is 10.0 Å². The molecule has 7 heteroatoms. The highest BCUT2D eigenvalue weighted by molar-refractivity contribution is 6.42. The standard InChI is InChI=1S/C17H13Cl2FN2O2/c18-14-5-4-12(8-15(14)19)21-17(24)10-6-16(23)22(9-10)13-3-1-2-11(20)7-13/h1-5,7-8,10H,6,9H2,(H,21,24). The van der Waals surface area contributed by atoms with Gasteiger partial charge in [-0.2, -0.15) is 0 Å². The second-order valence-electron chi connectivity index (χ2n) is 5.50. The smallest absolute Gasteiger partial charge is 0.229 e. The second-order valence-corrected chi connectivity index (χ2v) is 6.32. The van der Waals surface area contributed by atoms with Crippen LogP contribution in [0.5, 0.6) is 0 Å². The Labute approximate surface area is 148 Å². The van der Waals surface area contributed by atoms with Crippen LogP contribution in [-0.2, 0) is 9.59 Å². The number of nitrogens with zero attached hydrogens (tertiary/aromatic N) is 1. The van der Waals surface area contributed by atoms with Crippen LogP contribution in [0.25, 0.3) is 0 Å². The highest BCUT2D eigenvalue weighted by Gasteiger charge is 2.35. The Kier molecular flexibility index (Phi) is 4.73. The van der Waals surface area contributed by atoms with Gasteiger partial charge < -0.3 is 10.2 Å². The molecule has 0 saturated carbocycles. The predicted molar refractivity (Wildman–Crippen MR) is 92.0 cm³/mol. The van der Waals surface area contributed by atoms with Crippen LogP contribution in [0.15, 0.2) is 42.5 Å². The number of amides is 2. The third-order valence-corrected chi connectivity index (χ3v) is 4.54. The zero-order valence-electron chi connectivity index (χ0n) is 12.4. The molecule has 0 aromatic heterocycles. The van der Waals surface area contributed by atoms with E-state index in [2.05, 4.69) is 5.32 Å². The maximum Gasteiger partial charge on any atom is 0.229 e. The highest BCUT2D eigenvalue weighted by atomic mass is 35.5. The summed E-state index contributed by atoms with van der Waals surface area (Å²) in [4.78, 5) is 25.9. The third kappa shape index (κ3) is 3.52. The van der Waals surface area contributed by atoms with Crippen molar-refractivity contribution in [3.05, 3.63) is 58.3 Å². The number of carbonyl (C=O) groups excluding carboxylic acids is 2. The molecule has 3 rings (SSSR count). The third-order valence-electron chi connectivity index (χ3n) is 3.80. The molecule has 0 bridgehead atoms. The molecule has 0 radical (unpaired) electrons. The number of hydrogen-bond donors (Lipinski definition) is 1. The monoisotopic (exact) mass is 366 g/mol. The van der Waals surface area contributed by atoms with Crippen molar-refractivity contribution in [3.8, 4) is 0 Å². The normalized spacial score (nSPS) is 17.2. The van der Waals surface area contributed by atoms with Crippen LogP contribution in [0.3, 0.4) is 0 Å². The van der Waals surface area contributed by atoms with E-state index >= 15 is 0 Å². The molecule has 0 aliphatic carbocycles. The molecule has 1 aliphatic heterocycles. The van der Waals surface area contributed by atoms with Crippen LogP contribution >= 0.6 is 23.2 Å². The van der Waals surface area contributed by atoms with Crippen LogP contribution in [0.4, 0.5) is 15.8 Å². The molecule has 1 heterocycles. The summed E-state index contributed by atoms with van der Waals surface area (Å²) in [5.74, 6) is -1.45.